The fourth-order valence-corrected chi connectivity index (χ4v) is 2.41. The van der Waals surface area contributed by atoms with E-state index in [0.29, 0.717) is 29.4 Å². The van der Waals surface area contributed by atoms with Crippen LogP contribution in [0.3, 0.4) is 0 Å². The first-order valence-electron chi connectivity index (χ1n) is 7.81. The Kier molecular flexibility index (Phi) is 4.70. The molecule has 6 heteroatoms. The Balaban J connectivity index is 1.78. The van der Waals surface area contributed by atoms with Crippen LogP contribution in [0, 0.1) is 0 Å². The van der Waals surface area contributed by atoms with Crippen molar-refractivity contribution in [3.8, 4) is 17.2 Å². The minimum atomic E-state index is -0.250. The van der Waals surface area contributed by atoms with Gasteiger partial charge in [0, 0.05) is 5.56 Å². The fraction of sp³-hybridized carbons (Fsp3) is 0.158. The molecule has 3 rings (SSSR count). The number of amides is 1. The van der Waals surface area contributed by atoms with Crippen LogP contribution in [0.25, 0.3) is 6.08 Å². The lowest BCUT2D eigenvalue weighted by molar-refractivity contribution is -0.118. The van der Waals surface area contributed by atoms with Gasteiger partial charge in [0.1, 0.15) is 5.75 Å². The van der Waals surface area contributed by atoms with Crippen molar-refractivity contribution in [2.75, 3.05) is 18.5 Å². The molecule has 2 aromatic rings. The second kappa shape index (κ2) is 7.09. The van der Waals surface area contributed by atoms with Gasteiger partial charge in [-0.15, -0.1) is 0 Å². The maximum atomic E-state index is 12.3. The number of rotatable bonds is 5. The van der Waals surface area contributed by atoms with Crippen molar-refractivity contribution in [3.63, 3.8) is 0 Å². The van der Waals surface area contributed by atoms with Crippen LogP contribution in [0.5, 0.6) is 17.2 Å². The quantitative estimate of drug-likeness (QED) is 0.646. The third-order valence-electron chi connectivity index (χ3n) is 3.61. The van der Waals surface area contributed by atoms with Gasteiger partial charge in [-0.05, 0) is 48.9 Å². The minimum Gasteiger partial charge on any atom is -0.504 e. The average molecular weight is 339 g/mol. The van der Waals surface area contributed by atoms with Crippen molar-refractivity contribution in [2.24, 2.45) is 0 Å². The average Bonchev–Trinajstić information content (AvgIpc) is 2.61. The van der Waals surface area contributed by atoms with E-state index in [1.54, 1.807) is 36.4 Å². The van der Waals surface area contributed by atoms with Gasteiger partial charge in [0.25, 0.3) is 5.91 Å². The number of hydrogen-bond acceptors (Lipinski definition) is 5. The van der Waals surface area contributed by atoms with Gasteiger partial charge < -0.3 is 19.9 Å². The molecule has 6 nitrogen and oxygen atoms in total. The Labute approximate surface area is 144 Å². The molecule has 0 saturated heterocycles. The third-order valence-corrected chi connectivity index (χ3v) is 3.61. The standard InChI is InChI=1S/C19H17NO5/c1-2-24-18-9-12(4-7-16(18)22)3-6-15(21)13-5-8-17-14(10-13)20-19(23)11-25-17/h3-10,22H,2,11H2,1H3,(H,20,23). The van der Waals surface area contributed by atoms with Gasteiger partial charge >= 0.3 is 0 Å². The molecule has 1 aliphatic rings. The Bertz CT molecular complexity index is 857. The third kappa shape index (κ3) is 3.80. The van der Waals surface area contributed by atoms with Crippen molar-refractivity contribution < 1.29 is 24.2 Å². The predicted molar refractivity (Wildman–Crippen MR) is 93.2 cm³/mol. The maximum absolute atomic E-state index is 12.3. The summed E-state index contributed by atoms with van der Waals surface area (Å²) in [5, 5.41) is 12.4. The fourth-order valence-electron chi connectivity index (χ4n) is 2.41. The van der Waals surface area contributed by atoms with E-state index in [-0.39, 0.29) is 24.0 Å². The first kappa shape index (κ1) is 16.6. The summed E-state index contributed by atoms with van der Waals surface area (Å²) < 4.78 is 10.6. The molecule has 0 aliphatic carbocycles. The smallest absolute Gasteiger partial charge is 0.262 e. The summed E-state index contributed by atoms with van der Waals surface area (Å²) in [6.45, 7) is 2.23. The number of phenolic OH excluding ortho intramolecular Hbond substituents is 1. The van der Waals surface area contributed by atoms with Crippen LogP contribution in [-0.2, 0) is 4.79 Å². The molecule has 1 amide bonds. The molecule has 0 fully saturated rings. The predicted octanol–water partition coefficient (Wildman–Crippen LogP) is 3.02. The Morgan fingerprint density at radius 3 is 2.96 bits per heavy atom. The number of benzene rings is 2. The minimum absolute atomic E-state index is 0.0246. The highest BCUT2D eigenvalue weighted by atomic mass is 16.5. The van der Waals surface area contributed by atoms with E-state index in [1.807, 2.05) is 6.92 Å². The molecular formula is C19H17NO5. The molecule has 2 aromatic carbocycles. The largest absolute Gasteiger partial charge is 0.504 e. The zero-order chi connectivity index (χ0) is 17.8. The van der Waals surface area contributed by atoms with Crippen molar-refractivity contribution in [3.05, 3.63) is 53.6 Å². The van der Waals surface area contributed by atoms with E-state index in [2.05, 4.69) is 5.32 Å². The monoisotopic (exact) mass is 339 g/mol. The van der Waals surface area contributed by atoms with Gasteiger partial charge in [0.15, 0.2) is 23.9 Å². The summed E-state index contributed by atoms with van der Waals surface area (Å²) in [4.78, 5) is 23.7. The number of anilines is 1. The summed E-state index contributed by atoms with van der Waals surface area (Å²) in [6.07, 6.45) is 3.06. The van der Waals surface area contributed by atoms with Gasteiger partial charge in [-0.1, -0.05) is 12.1 Å². The highest BCUT2D eigenvalue weighted by Crippen LogP contribution is 2.29. The number of fused-ring (bicyclic) bond motifs is 1. The van der Waals surface area contributed by atoms with Crippen LogP contribution in [0.15, 0.2) is 42.5 Å². The zero-order valence-corrected chi connectivity index (χ0v) is 13.6. The van der Waals surface area contributed by atoms with Crippen LogP contribution in [-0.4, -0.2) is 30.0 Å². The van der Waals surface area contributed by atoms with Gasteiger partial charge in [-0.25, -0.2) is 0 Å². The molecule has 0 bridgehead atoms. The maximum Gasteiger partial charge on any atom is 0.262 e. The first-order valence-corrected chi connectivity index (χ1v) is 7.81. The number of hydrogen-bond donors (Lipinski definition) is 2. The molecule has 0 radical (unpaired) electrons. The van der Waals surface area contributed by atoms with Crippen LogP contribution < -0.4 is 14.8 Å². The van der Waals surface area contributed by atoms with Crippen molar-refractivity contribution in [1.29, 1.82) is 0 Å². The molecule has 1 heterocycles. The van der Waals surface area contributed by atoms with E-state index in [0.717, 1.165) is 5.56 Å². The van der Waals surface area contributed by atoms with E-state index >= 15 is 0 Å². The van der Waals surface area contributed by atoms with Crippen molar-refractivity contribution in [2.45, 2.75) is 6.92 Å². The number of ether oxygens (including phenoxy) is 2. The van der Waals surface area contributed by atoms with E-state index < -0.39 is 0 Å². The number of carbonyl (C=O) groups is 2. The lowest BCUT2D eigenvalue weighted by Gasteiger charge is -2.17. The van der Waals surface area contributed by atoms with E-state index in [1.165, 1.54) is 12.1 Å². The van der Waals surface area contributed by atoms with Gasteiger partial charge in [-0.2, -0.15) is 0 Å². The molecule has 0 unspecified atom stereocenters. The molecule has 128 valence electrons. The molecular weight excluding hydrogens is 322 g/mol. The topological polar surface area (TPSA) is 84.9 Å². The van der Waals surface area contributed by atoms with Crippen molar-refractivity contribution >= 4 is 23.5 Å². The molecule has 2 N–H and O–H groups in total. The number of nitrogens with one attached hydrogen (secondary N) is 1. The number of phenols is 1. The second-order valence-electron chi connectivity index (χ2n) is 5.41. The zero-order valence-electron chi connectivity index (χ0n) is 13.6. The van der Waals surface area contributed by atoms with Gasteiger partial charge in [0.05, 0.1) is 12.3 Å². The Morgan fingerprint density at radius 1 is 1.32 bits per heavy atom. The summed E-state index contributed by atoms with van der Waals surface area (Å²) >= 11 is 0. The highest BCUT2D eigenvalue weighted by molar-refractivity contribution is 6.08. The summed E-state index contributed by atoms with van der Waals surface area (Å²) in [7, 11) is 0. The Morgan fingerprint density at radius 2 is 2.16 bits per heavy atom. The number of allylic oxidation sites excluding steroid dienone is 1. The number of aromatic hydroxyl groups is 1. The van der Waals surface area contributed by atoms with E-state index in [9.17, 15) is 14.7 Å². The van der Waals surface area contributed by atoms with Crippen LogP contribution >= 0.6 is 0 Å². The van der Waals surface area contributed by atoms with Crippen LogP contribution in [0.4, 0.5) is 5.69 Å². The van der Waals surface area contributed by atoms with Gasteiger partial charge in [-0.3, -0.25) is 9.59 Å². The van der Waals surface area contributed by atoms with Gasteiger partial charge in [0.2, 0.25) is 0 Å². The summed E-state index contributed by atoms with van der Waals surface area (Å²) in [5.74, 6) is 0.496. The molecule has 0 aromatic heterocycles. The van der Waals surface area contributed by atoms with Crippen molar-refractivity contribution in [1.82, 2.24) is 0 Å². The summed E-state index contributed by atoms with van der Waals surface area (Å²) in [6, 6.07) is 9.74. The molecule has 0 saturated carbocycles. The Hall–Kier alpha value is -3.28. The lowest BCUT2D eigenvalue weighted by Crippen LogP contribution is -2.25. The second-order valence-corrected chi connectivity index (χ2v) is 5.41. The number of ketones is 1. The molecule has 25 heavy (non-hydrogen) atoms. The lowest BCUT2D eigenvalue weighted by atomic mass is 10.1. The molecule has 1 aliphatic heterocycles. The highest BCUT2D eigenvalue weighted by Gasteiger charge is 2.17. The normalized spacial score (nSPS) is 13.1. The molecule has 0 atom stereocenters. The number of carbonyl (C=O) groups excluding carboxylic acids is 2. The SMILES string of the molecule is CCOc1cc(C=CC(=O)c2ccc3c(c2)NC(=O)CO3)ccc1O. The van der Waals surface area contributed by atoms with Crippen LogP contribution in [0.1, 0.15) is 22.8 Å². The summed E-state index contributed by atoms with van der Waals surface area (Å²) in [5.41, 5.74) is 1.65. The first-order chi connectivity index (χ1) is 12.1. The van der Waals surface area contributed by atoms with Crippen LogP contribution in [0.2, 0.25) is 0 Å². The molecule has 0 spiro atoms. The van der Waals surface area contributed by atoms with E-state index in [4.69, 9.17) is 9.47 Å².